The van der Waals surface area contributed by atoms with Gasteiger partial charge in [-0.25, -0.2) is 0 Å². The van der Waals surface area contributed by atoms with Crippen LogP contribution in [-0.4, -0.2) is 17.6 Å². The molecule has 0 aromatic heterocycles. The Balaban J connectivity index is 1.41. The van der Waals surface area contributed by atoms with Crippen molar-refractivity contribution in [2.75, 3.05) is 6.54 Å². The van der Waals surface area contributed by atoms with Crippen molar-refractivity contribution in [1.82, 2.24) is 5.32 Å². The first-order valence-electron chi connectivity index (χ1n) is 10.1. The number of hydrogen-bond donors (Lipinski definition) is 2. The Morgan fingerprint density at radius 3 is 2.20 bits per heavy atom. The molecule has 1 amide bonds. The summed E-state index contributed by atoms with van der Waals surface area (Å²) in [6, 6.07) is 32.0. The van der Waals surface area contributed by atoms with Crippen molar-refractivity contribution < 1.29 is 9.90 Å². The van der Waals surface area contributed by atoms with Gasteiger partial charge in [0.2, 0.25) is 5.91 Å². The Morgan fingerprint density at radius 1 is 0.800 bits per heavy atom. The molecule has 30 heavy (non-hydrogen) atoms. The molecular formula is C27H25NO2. The predicted molar refractivity (Wildman–Crippen MR) is 122 cm³/mol. The van der Waals surface area contributed by atoms with Gasteiger partial charge in [0.1, 0.15) is 5.60 Å². The molecule has 1 atom stereocenters. The third kappa shape index (κ3) is 4.42. The van der Waals surface area contributed by atoms with E-state index >= 15 is 0 Å². The van der Waals surface area contributed by atoms with Gasteiger partial charge in [-0.15, -0.1) is 0 Å². The Morgan fingerprint density at radius 2 is 1.43 bits per heavy atom. The summed E-state index contributed by atoms with van der Waals surface area (Å²) in [4.78, 5) is 12.6. The molecule has 3 nitrogen and oxygen atoms in total. The lowest BCUT2D eigenvalue weighted by atomic mass is 9.93. The Kier molecular flexibility index (Phi) is 5.64. The third-order valence-corrected chi connectivity index (χ3v) is 5.47. The fraction of sp³-hybridized carbons (Fsp3) is 0.148. The summed E-state index contributed by atoms with van der Waals surface area (Å²) in [6.45, 7) is 1.88. The molecule has 4 aromatic carbocycles. The summed E-state index contributed by atoms with van der Waals surface area (Å²) in [7, 11) is 0. The normalized spacial score (nSPS) is 13.0. The molecule has 0 bridgehead atoms. The van der Waals surface area contributed by atoms with Crippen LogP contribution in [0.5, 0.6) is 0 Å². The van der Waals surface area contributed by atoms with Gasteiger partial charge in [-0.2, -0.15) is 0 Å². The molecule has 0 heterocycles. The van der Waals surface area contributed by atoms with E-state index in [-0.39, 0.29) is 18.9 Å². The number of fused-ring (bicyclic) bond motifs is 1. The molecule has 150 valence electrons. The number of aliphatic hydroxyl groups is 1. The Hall–Kier alpha value is -3.43. The van der Waals surface area contributed by atoms with Crippen molar-refractivity contribution in [1.29, 1.82) is 0 Å². The summed E-state index contributed by atoms with van der Waals surface area (Å²) in [6.07, 6.45) is 0.282. The highest BCUT2D eigenvalue weighted by Crippen LogP contribution is 2.25. The van der Waals surface area contributed by atoms with Gasteiger partial charge in [0.25, 0.3) is 0 Å². The first-order valence-corrected chi connectivity index (χ1v) is 10.1. The molecule has 0 aliphatic rings. The predicted octanol–water partition coefficient (Wildman–Crippen LogP) is 5.07. The van der Waals surface area contributed by atoms with Gasteiger partial charge in [0, 0.05) is 0 Å². The highest BCUT2D eigenvalue weighted by Gasteiger charge is 2.24. The van der Waals surface area contributed by atoms with Gasteiger partial charge in [0.15, 0.2) is 0 Å². The molecule has 1 unspecified atom stereocenters. The third-order valence-electron chi connectivity index (χ3n) is 5.47. The van der Waals surface area contributed by atoms with E-state index in [4.69, 9.17) is 0 Å². The number of amides is 1. The number of benzene rings is 4. The number of carbonyl (C=O) groups is 1. The molecular weight excluding hydrogens is 370 g/mol. The second-order valence-corrected chi connectivity index (χ2v) is 7.81. The van der Waals surface area contributed by atoms with E-state index in [1.165, 1.54) is 0 Å². The fourth-order valence-electron chi connectivity index (χ4n) is 3.71. The molecule has 0 aliphatic heterocycles. The maximum Gasteiger partial charge on any atom is 0.224 e. The zero-order chi connectivity index (χ0) is 21.0. The summed E-state index contributed by atoms with van der Waals surface area (Å²) in [5, 5.41) is 16.0. The summed E-state index contributed by atoms with van der Waals surface area (Å²) < 4.78 is 0. The maximum absolute atomic E-state index is 12.6. The molecule has 0 spiro atoms. The van der Waals surface area contributed by atoms with Crippen molar-refractivity contribution in [3.8, 4) is 11.1 Å². The minimum Gasteiger partial charge on any atom is -0.384 e. The SMILES string of the molecule is CC(O)(CNC(=O)Cc1cccc2ccccc12)c1ccc(-c2ccccc2)cc1. The number of rotatable bonds is 6. The van der Waals surface area contributed by atoms with Crippen molar-refractivity contribution in [2.45, 2.75) is 18.9 Å². The fourth-order valence-corrected chi connectivity index (χ4v) is 3.71. The van der Waals surface area contributed by atoms with Gasteiger partial charge < -0.3 is 10.4 Å². The summed E-state index contributed by atoms with van der Waals surface area (Å²) in [5.74, 6) is -0.104. The van der Waals surface area contributed by atoms with Crippen LogP contribution in [0.1, 0.15) is 18.1 Å². The van der Waals surface area contributed by atoms with Gasteiger partial charge >= 0.3 is 0 Å². The van der Waals surface area contributed by atoms with Crippen LogP contribution in [0.2, 0.25) is 0 Å². The van der Waals surface area contributed by atoms with E-state index in [0.717, 1.165) is 33.0 Å². The van der Waals surface area contributed by atoms with E-state index in [1.807, 2.05) is 84.9 Å². The second-order valence-electron chi connectivity index (χ2n) is 7.81. The number of hydrogen-bond acceptors (Lipinski definition) is 2. The monoisotopic (exact) mass is 395 g/mol. The molecule has 4 aromatic rings. The van der Waals surface area contributed by atoms with E-state index in [2.05, 4.69) is 17.4 Å². The van der Waals surface area contributed by atoms with Crippen LogP contribution in [0.15, 0.2) is 97.1 Å². The molecule has 3 heteroatoms. The van der Waals surface area contributed by atoms with Gasteiger partial charge in [-0.05, 0) is 39.9 Å². The second kappa shape index (κ2) is 8.52. The average Bonchev–Trinajstić information content (AvgIpc) is 2.79. The lowest BCUT2D eigenvalue weighted by molar-refractivity contribution is -0.121. The van der Waals surface area contributed by atoms with E-state index < -0.39 is 5.60 Å². The average molecular weight is 396 g/mol. The molecule has 4 rings (SSSR count). The van der Waals surface area contributed by atoms with Crippen LogP contribution in [0.25, 0.3) is 21.9 Å². The van der Waals surface area contributed by atoms with E-state index in [0.29, 0.717) is 0 Å². The van der Waals surface area contributed by atoms with Crippen LogP contribution in [0.4, 0.5) is 0 Å². The molecule has 0 fully saturated rings. The van der Waals surface area contributed by atoms with Crippen molar-refractivity contribution >= 4 is 16.7 Å². The highest BCUT2D eigenvalue weighted by atomic mass is 16.3. The van der Waals surface area contributed by atoms with Gasteiger partial charge in [-0.1, -0.05) is 97.1 Å². The highest BCUT2D eigenvalue weighted by molar-refractivity contribution is 5.90. The van der Waals surface area contributed by atoms with E-state index in [1.54, 1.807) is 6.92 Å². The molecule has 0 saturated carbocycles. The zero-order valence-corrected chi connectivity index (χ0v) is 17.0. The van der Waals surface area contributed by atoms with Crippen LogP contribution in [-0.2, 0) is 16.8 Å². The Bertz CT molecular complexity index is 1140. The summed E-state index contributed by atoms with van der Waals surface area (Å²) >= 11 is 0. The topological polar surface area (TPSA) is 49.3 Å². The van der Waals surface area contributed by atoms with Crippen LogP contribution >= 0.6 is 0 Å². The first kappa shape index (κ1) is 19.9. The smallest absolute Gasteiger partial charge is 0.224 e. The lowest BCUT2D eigenvalue weighted by Gasteiger charge is -2.24. The van der Waals surface area contributed by atoms with Crippen molar-refractivity contribution in [3.05, 3.63) is 108 Å². The quantitative estimate of drug-likeness (QED) is 0.479. The van der Waals surface area contributed by atoms with E-state index in [9.17, 15) is 9.90 Å². The largest absolute Gasteiger partial charge is 0.384 e. The number of carbonyl (C=O) groups excluding carboxylic acids is 1. The molecule has 0 aliphatic carbocycles. The standard InChI is InChI=1S/C27H25NO2/c1-27(30,24-16-14-21(15-17-24)20-8-3-2-4-9-20)19-28-26(29)18-23-12-7-11-22-10-5-6-13-25(22)23/h2-17,30H,18-19H2,1H3,(H,28,29). The Labute approximate surface area is 177 Å². The maximum atomic E-state index is 12.6. The van der Waals surface area contributed by atoms with Gasteiger partial charge in [-0.3, -0.25) is 4.79 Å². The zero-order valence-electron chi connectivity index (χ0n) is 17.0. The lowest BCUT2D eigenvalue weighted by Crippen LogP contribution is -2.39. The van der Waals surface area contributed by atoms with Crippen LogP contribution in [0, 0.1) is 0 Å². The van der Waals surface area contributed by atoms with Crippen molar-refractivity contribution in [2.24, 2.45) is 0 Å². The van der Waals surface area contributed by atoms with Crippen LogP contribution < -0.4 is 5.32 Å². The molecule has 0 saturated heterocycles. The first-order chi connectivity index (χ1) is 14.5. The number of nitrogens with one attached hydrogen (secondary N) is 1. The molecule has 2 N–H and O–H groups in total. The summed E-state index contributed by atoms with van der Waals surface area (Å²) in [5.41, 5.74) is 2.83. The minimum absolute atomic E-state index is 0.104. The van der Waals surface area contributed by atoms with Gasteiger partial charge in [0.05, 0.1) is 13.0 Å². The van der Waals surface area contributed by atoms with Crippen LogP contribution in [0.3, 0.4) is 0 Å². The molecule has 0 radical (unpaired) electrons. The minimum atomic E-state index is -1.15. The van der Waals surface area contributed by atoms with Crippen molar-refractivity contribution in [3.63, 3.8) is 0 Å².